The fraction of sp³-hybridized carbons (Fsp3) is 0.353. The zero-order valence-electron chi connectivity index (χ0n) is 12.7. The van der Waals surface area contributed by atoms with Crippen molar-refractivity contribution in [3.63, 3.8) is 0 Å². The van der Waals surface area contributed by atoms with E-state index in [1.54, 1.807) is 7.11 Å². The summed E-state index contributed by atoms with van der Waals surface area (Å²) in [5.74, 6) is 0. The van der Waals surface area contributed by atoms with Gasteiger partial charge in [0.1, 0.15) is 0 Å². The van der Waals surface area contributed by atoms with Gasteiger partial charge in [0.25, 0.3) is 0 Å². The second-order valence-electron chi connectivity index (χ2n) is 5.11. The molecule has 2 amide bonds. The smallest absolute Gasteiger partial charge is 0.314 e. The maximum atomic E-state index is 11.6. The monoisotopic (exact) mass is 302 g/mol. The van der Waals surface area contributed by atoms with Gasteiger partial charge in [-0.25, -0.2) is 4.79 Å². The number of rotatable bonds is 7. The van der Waals surface area contributed by atoms with Crippen LogP contribution in [0.1, 0.15) is 18.1 Å². The molecule has 0 aliphatic carbocycles. The summed E-state index contributed by atoms with van der Waals surface area (Å²) in [4.78, 5) is 11.6. The Morgan fingerprint density at radius 1 is 1.18 bits per heavy atom. The molecule has 0 spiro atoms. The van der Waals surface area contributed by atoms with Crippen LogP contribution >= 0.6 is 0 Å². The summed E-state index contributed by atoms with van der Waals surface area (Å²) in [6, 6.07) is 13.5. The second-order valence-corrected chi connectivity index (χ2v) is 5.11. The Bertz CT molecular complexity index is 616. The summed E-state index contributed by atoms with van der Waals surface area (Å²) < 4.78 is 4.90. The van der Waals surface area contributed by atoms with Crippen LogP contribution < -0.4 is 10.6 Å². The molecule has 118 valence electrons. The maximum Gasteiger partial charge on any atom is 0.314 e. The molecule has 0 aromatic heterocycles. The van der Waals surface area contributed by atoms with E-state index in [-0.39, 0.29) is 12.6 Å². The molecule has 0 saturated heterocycles. The van der Waals surface area contributed by atoms with Crippen molar-refractivity contribution in [2.24, 2.45) is 0 Å². The fourth-order valence-corrected chi connectivity index (χ4v) is 2.20. The minimum absolute atomic E-state index is 0.175. The van der Waals surface area contributed by atoms with Crippen molar-refractivity contribution in [3.8, 4) is 0 Å². The highest BCUT2D eigenvalue weighted by molar-refractivity contribution is 5.83. The lowest BCUT2D eigenvalue weighted by Crippen LogP contribution is -2.38. The predicted octanol–water partition coefficient (Wildman–Crippen LogP) is 2.21. The molecule has 0 radical (unpaired) electrons. The van der Waals surface area contributed by atoms with E-state index in [0.29, 0.717) is 13.2 Å². The maximum absolute atomic E-state index is 11.6. The van der Waals surface area contributed by atoms with E-state index in [1.807, 2.05) is 42.5 Å². The quantitative estimate of drug-likeness (QED) is 0.687. The summed E-state index contributed by atoms with van der Waals surface area (Å²) in [6.45, 7) is 1.33. The Kier molecular flexibility index (Phi) is 6.18. The molecule has 0 fully saturated rings. The molecule has 3 N–H and O–H groups in total. The highest BCUT2D eigenvalue weighted by Crippen LogP contribution is 2.19. The number of ether oxygens (including phenoxy) is 1. The molecule has 2 aromatic carbocycles. The lowest BCUT2D eigenvalue weighted by Gasteiger charge is -2.13. The van der Waals surface area contributed by atoms with Gasteiger partial charge in [0.2, 0.25) is 0 Å². The van der Waals surface area contributed by atoms with E-state index in [9.17, 15) is 9.90 Å². The highest BCUT2D eigenvalue weighted by Gasteiger charge is 2.09. The minimum atomic E-state index is -0.727. The number of fused-ring (bicyclic) bond motifs is 1. The van der Waals surface area contributed by atoms with Gasteiger partial charge in [0, 0.05) is 26.8 Å². The Morgan fingerprint density at radius 3 is 2.73 bits per heavy atom. The molecule has 1 unspecified atom stereocenters. The van der Waals surface area contributed by atoms with Gasteiger partial charge in [-0.15, -0.1) is 0 Å². The van der Waals surface area contributed by atoms with Gasteiger partial charge in [0.05, 0.1) is 6.10 Å². The lowest BCUT2D eigenvalue weighted by atomic mass is 10.0. The first kappa shape index (κ1) is 16.3. The molecule has 0 saturated carbocycles. The number of hydrogen-bond donors (Lipinski definition) is 3. The number of nitrogens with one attached hydrogen (secondary N) is 2. The largest absolute Gasteiger partial charge is 0.387 e. The van der Waals surface area contributed by atoms with Crippen LogP contribution in [-0.2, 0) is 4.74 Å². The molecule has 0 aliphatic rings. The number of benzene rings is 2. The highest BCUT2D eigenvalue weighted by atomic mass is 16.5. The number of aliphatic hydroxyl groups is 1. The van der Waals surface area contributed by atoms with Crippen LogP contribution in [0.5, 0.6) is 0 Å². The van der Waals surface area contributed by atoms with E-state index in [2.05, 4.69) is 10.6 Å². The number of aliphatic hydroxyl groups excluding tert-OH is 1. The number of hydrogen-bond acceptors (Lipinski definition) is 3. The van der Waals surface area contributed by atoms with Crippen LogP contribution in [0.25, 0.3) is 10.8 Å². The fourth-order valence-electron chi connectivity index (χ4n) is 2.20. The standard InChI is InChI=1S/C17H22N2O3/c1-22-10-4-9-18-17(21)19-12-16(20)15-8-7-13-5-2-3-6-14(13)11-15/h2-3,5-8,11,16,20H,4,9-10,12H2,1H3,(H2,18,19,21). The van der Waals surface area contributed by atoms with E-state index >= 15 is 0 Å². The van der Waals surface area contributed by atoms with Crippen LogP contribution in [0.3, 0.4) is 0 Å². The van der Waals surface area contributed by atoms with Crippen LogP contribution in [0.15, 0.2) is 42.5 Å². The van der Waals surface area contributed by atoms with Crippen molar-refractivity contribution in [1.29, 1.82) is 0 Å². The van der Waals surface area contributed by atoms with Crippen molar-refractivity contribution >= 4 is 16.8 Å². The lowest BCUT2D eigenvalue weighted by molar-refractivity contribution is 0.172. The number of amides is 2. The van der Waals surface area contributed by atoms with Gasteiger partial charge in [-0.3, -0.25) is 0 Å². The predicted molar refractivity (Wildman–Crippen MR) is 86.8 cm³/mol. The molecule has 0 aliphatic heterocycles. The van der Waals surface area contributed by atoms with Gasteiger partial charge >= 0.3 is 6.03 Å². The molecular weight excluding hydrogens is 280 g/mol. The average molecular weight is 302 g/mol. The normalized spacial score (nSPS) is 12.1. The van der Waals surface area contributed by atoms with Crippen molar-refractivity contribution in [3.05, 3.63) is 48.0 Å². The first-order chi connectivity index (χ1) is 10.7. The molecule has 1 atom stereocenters. The van der Waals surface area contributed by atoms with Gasteiger partial charge in [-0.1, -0.05) is 36.4 Å². The zero-order valence-corrected chi connectivity index (χ0v) is 12.7. The second kappa shape index (κ2) is 8.36. The molecule has 2 aromatic rings. The van der Waals surface area contributed by atoms with Gasteiger partial charge in [-0.2, -0.15) is 0 Å². The van der Waals surface area contributed by atoms with Gasteiger partial charge < -0.3 is 20.5 Å². The molecule has 0 heterocycles. The zero-order chi connectivity index (χ0) is 15.8. The van der Waals surface area contributed by atoms with E-state index in [0.717, 1.165) is 22.8 Å². The minimum Gasteiger partial charge on any atom is -0.387 e. The topological polar surface area (TPSA) is 70.6 Å². The third-order valence-corrected chi connectivity index (χ3v) is 3.43. The SMILES string of the molecule is COCCCNC(=O)NCC(O)c1ccc2ccccc2c1. The molecule has 0 bridgehead atoms. The van der Waals surface area contributed by atoms with Gasteiger partial charge in [0.15, 0.2) is 0 Å². The van der Waals surface area contributed by atoms with E-state index < -0.39 is 6.10 Å². The van der Waals surface area contributed by atoms with Crippen LogP contribution in [0.2, 0.25) is 0 Å². The van der Waals surface area contributed by atoms with Crippen molar-refractivity contribution in [1.82, 2.24) is 10.6 Å². The average Bonchev–Trinajstić information content (AvgIpc) is 2.56. The third kappa shape index (κ3) is 4.72. The molecular formula is C17H22N2O3. The summed E-state index contributed by atoms with van der Waals surface area (Å²) >= 11 is 0. The Balaban J connectivity index is 1.83. The van der Waals surface area contributed by atoms with Crippen LogP contribution in [0.4, 0.5) is 4.79 Å². The molecule has 5 heteroatoms. The van der Waals surface area contributed by atoms with Crippen LogP contribution in [0, 0.1) is 0 Å². The Hall–Kier alpha value is -2.11. The van der Waals surface area contributed by atoms with Crippen molar-refractivity contribution in [2.45, 2.75) is 12.5 Å². The number of carbonyl (C=O) groups is 1. The molecule has 5 nitrogen and oxygen atoms in total. The molecule has 22 heavy (non-hydrogen) atoms. The Morgan fingerprint density at radius 2 is 1.95 bits per heavy atom. The summed E-state index contributed by atoms with van der Waals surface area (Å²) in [6.07, 6.45) is 0.0336. The first-order valence-corrected chi connectivity index (χ1v) is 7.38. The summed E-state index contributed by atoms with van der Waals surface area (Å²) in [5.41, 5.74) is 0.790. The van der Waals surface area contributed by atoms with Gasteiger partial charge in [-0.05, 0) is 28.8 Å². The Labute approximate surface area is 130 Å². The summed E-state index contributed by atoms with van der Waals surface area (Å²) in [7, 11) is 1.62. The van der Waals surface area contributed by atoms with E-state index in [1.165, 1.54) is 0 Å². The van der Waals surface area contributed by atoms with Crippen LogP contribution in [-0.4, -0.2) is 37.9 Å². The molecule has 2 rings (SSSR count). The number of urea groups is 1. The number of carbonyl (C=O) groups excluding carboxylic acids is 1. The third-order valence-electron chi connectivity index (χ3n) is 3.43. The number of methoxy groups -OCH3 is 1. The summed E-state index contributed by atoms with van der Waals surface area (Å²) in [5, 5.41) is 17.8. The van der Waals surface area contributed by atoms with Crippen molar-refractivity contribution in [2.75, 3.05) is 26.8 Å². The van der Waals surface area contributed by atoms with E-state index in [4.69, 9.17) is 4.74 Å². The van der Waals surface area contributed by atoms with Crippen molar-refractivity contribution < 1.29 is 14.6 Å². The first-order valence-electron chi connectivity index (χ1n) is 7.38.